The van der Waals surface area contributed by atoms with Gasteiger partial charge in [-0.15, -0.1) is 22.7 Å². The summed E-state index contributed by atoms with van der Waals surface area (Å²) < 4.78 is 2.36. The molecule has 0 bridgehead atoms. The van der Waals surface area contributed by atoms with Crippen molar-refractivity contribution in [1.82, 2.24) is 15.0 Å². The van der Waals surface area contributed by atoms with Crippen LogP contribution >= 0.6 is 22.7 Å². The van der Waals surface area contributed by atoms with Crippen LogP contribution in [0.1, 0.15) is 0 Å². The maximum absolute atomic E-state index is 4.48. The summed E-state index contributed by atoms with van der Waals surface area (Å²) >= 11 is 3.30. The van der Waals surface area contributed by atoms with Gasteiger partial charge in [0.15, 0.2) is 5.82 Å². The highest BCUT2D eigenvalue weighted by Crippen LogP contribution is 2.27. The molecular formula is C12H8N4S2. The minimum atomic E-state index is 0.833. The van der Waals surface area contributed by atoms with E-state index in [1.807, 2.05) is 23.3 Å². The van der Waals surface area contributed by atoms with Crippen LogP contribution in [0.15, 0.2) is 23.3 Å². The van der Waals surface area contributed by atoms with Gasteiger partial charge in [0.05, 0.1) is 31.1 Å². The van der Waals surface area contributed by atoms with E-state index in [2.05, 4.69) is 32.1 Å². The van der Waals surface area contributed by atoms with Gasteiger partial charge in [-0.1, -0.05) is 0 Å². The van der Waals surface area contributed by atoms with E-state index in [4.69, 9.17) is 0 Å². The van der Waals surface area contributed by atoms with Crippen molar-refractivity contribution in [2.24, 2.45) is 0 Å². The number of pyridine rings is 1. The Balaban J connectivity index is 1.92. The topological polar surface area (TPSA) is 41.9 Å². The molecule has 0 saturated heterocycles. The van der Waals surface area contributed by atoms with Gasteiger partial charge in [-0.25, -0.2) is 15.0 Å². The third kappa shape index (κ3) is 1.46. The molecule has 0 spiro atoms. The van der Waals surface area contributed by atoms with Crippen LogP contribution in [0.5, 0.6) is 0 Å². The molecule has 1 aliphatic rings. The molecule has 4 nitrogen and oxygen atoms in total. The lowest BCUT2D eigenvalue weighted by Crippen LogP contribution is -2.34. The van der Waals surface area contributed by atoms with E-state index in [1.54, 1.807) is 22.7 Å². The summed E-state index contributed by atoms with van der Waals surface area (Å²) in [6, 6.07) is 1.94. The van der Waals surface area contributed by atoms with Gasteiger partial charge in [-0.2, -0.15) is 0 Å². The third-order valence-corrected chi connectivity index (χ3v) is 4.55. The molecule has 1 aliphatic heterocycles. The molecule has 0 N–H and O–H groups in total. The first kappa shape index (κ1) is 10.2. The predicted octanol–water partition coefficient (Wildman–Crippen LogP) is 1.19. The number of fused-ring (bicyclic) bond motifs is 2. The maximum Gasteiger partial charge on any atom is 0.152 e. The van der Waals surface area contributed by atoms with E-state index in [1.165, 1.54) is 4.53 Å². The molecule has 0 fully saturated rings. The Bertz CT molecular complexity index is 833. The van der Waals surface area contributed by atoms with Crippen molar-refractivity contribution in [1.29, 1.82) is 0 Å². The fourth-order valence-corrected chi connectivity index (χ4v) is 3.49. The van der Waals surface area contributed by atoms with Gasteiger partial charge < -0.3 is 4.90 Å². The molecule has 4 heterocycles. The van der Waals surface area contributed by atoms with Crippen LogP contribution in [0.2, 0.25) is 0 Å². The minimum Gasteiger partial charge on any atom is -0.326 e. The Labute approximate surface area is 111 Å². The van der Waals surface area contributed by atoms with Crippen LogP contribution in [-0.2, 0) is 0 Å². The van der Waals surface area contributed by atoms with Crippen molar-refractivity contribution in [2.45, 2.75) is 0 Å². The highest BCUT2D eigenvalue weighted by Gasteiger charge is 2.13. The summed E-state index contributed by atoms with van der Waals surface area (Å²) in [6.45, 7) is 0.833. The number of anilines is 1. The Hall–Kier alpha value is -1.79. The molecule has 0 unspecified atom stereocenters. The fraction of sp³-hybridized carbons (Fsp3) is 0.0833. The lowest BCUT2D eigenvalue weighted by Gasteiger charge is -2.19. The molecule has 88 valence electrons. The summed E-state index contributed by atoms with van der Waals surface area (Å²) in [7, 11) is 0. The maximum atomic E-state index is 4.48. The Morgan fingerprint density at radius 3 is 3.06 bits per heavy atom. The molecule has 0 saturated carbocycles. The van der Waals surface area contributed by atoms with Crippen LogP contribution < -0.4 is 14.8 Å². The Kier molecular flexibility index (Phi) is 2.18. The highest BCUT2D eigenvalue weighted by molar-refractivity contribution is 7.17. The van der Waals surface area contributed by atoms with Gasteiger partial charge in [-0.05, 0) is 12.1 Å². The zero-order valence-corrected chi connectivity index (χ0v) is 10.9. The standard InChI is InChI=1S/C12H8N4S2/c1-3-13-12(11-8(1)14-7-18-11)16-4-2-10-9(5-16)15-6-17-10/h1-3,5-7H,4H2. The smallest absolute Gasteiger partial charge is 0.152 e. The average Bonchev–Trinajstić information content (AvgIpc) is 3.05. The van der Waals surface area contributed by atoms with E-state index in [0.29, 0.717) is 0 Å². The van der Waals surface area contributed by atoms with Gasteiger partial charge in [0.1, 0.15) is 0 Å². The first-order valence-corrected chi connectivity index (χ1v) is 7.24. The fourth-order valence-electron chi connectivity index (χ4n) is 2.03. The van der Waals surface area contributed by atoms with Crippen LogP contribution in [0, 0.1) is 0 Å². The third-order valence-electron chi connectivity index (χ3n) is 2.87. The van der Waals surface area contributed by atoms with Crippen molar-refractivity contribution >= 4 is 51.0 Å². The quantitative estimate of drug-likeness (QED) is 0.667. The van der Waals surface area contributed by atoms with Crippen molar-refractivity contribution in [3.63, 3.8) is 0 Å². The second-order valence-electron chi connectivity index (χ2n) is 3.92. The zero-order valence-electron chi connectivity index (χ0n) is 9.28. The first-order chi connectivity index (χ1) is 8.92. The minimum absolute atomic E-state index is 0.833. The second-order valence-corrected chi connectivity index (χ2v) is 5.66. The van der Waals surface area contributed by atoms with Crippen molar-refractivity contribution in [3.8, 4) is 0 Å². The van der Waals surface area contributed by atoms with Crippen molar-refractivity contribution in [3.05, 3.63) is 33.2 Å². The Morgan fingerprint density at radius 1 is 1.11 bits per heavy atom. The van der Waals surface area contributed by atoms with Gasteiger partial charge in [0.25, 0.3) is 0 Å². The first-order valence-electron chi connectivity index (χ1n) is 5.48. The van der Waals surface area contributed by atoms with Gasteiger partial charge in [0.2, 0.25) is 0 Å². The summed E-state index contributed by atoms with van der Waals surface area (Å²) in [6.07, 6.45) is 6.06. The number of hydrogen-bond donors (Lipinski definition) is 0. The number of aromatic nitrogens is 3. The molecular weight excluding hydrogens is 264 g/mol. The number of nitrogens with zero attached hydrogens (tertiary/aromatic N) is 4. The normalized spacial score (nSPS) is 14.1. The molecule has 6 heteroatoms. The molecule has 0 aromatic carbocycles. The van der Waals surface area contributed by atoms with Crippen LogP contribution in [0.3, 0.4) is 0 Å². The molecule has 3 aromatic rings. The zero-order chi connectivity index (χ0) is 11.9. The van der Waals surface area contributed by atoms with Crippen molar-refractivity contribution < 1.29 is 0 Å². The predicted molar refractivity (Wildman–Crippen MR) is 75.1 cm³/mol. The summed E-state index contributed by atoms with van der Waals surface area (Å²) in [5.41, 5.74) is 4.74. The van der Waals surface area contributed by atoms with E-state index >= 15 is 0 Å². The lowest BCUT2D eigenvalue weighted by atomic mass is 10.3. The molecule has 0 amide bonds. The summed E-state index contributed by atoms with van der Waals surface area (Å²) in [5.74, 6) is 0.963. The van der Waals surface area contributed by atoms with E-state index < -0.39 is 0 Å². The highest BCUT2D eigenvalue weighted by atomic mass is 32.1. The van der Waals surface area contributed by atoms with Gasteiger partial charge in [-0.3, -0.25) is 0 Å². The number of hydrogen-bond acceptors (Lipinski definition) is 6. The van der Waals surface area contributed by atoms with E-state index in [9.17, 15) is 0 Å². The van der Waals surface area contributed by atoms with E-state index in [-0.39, 0.29) is 0 Å². The number of rotatable bonds is 1. The SMILES string of the molecule is C1=c2ncsc2=CCN1c1nccc2ncsc12. The van der Waals surface area contributed by atoms with Gasteiger partial charge >= 0.3 is 0 Å². The summed E-state index contributed by atoms with van der Waals surface area (Å²) in [5, 5.41) is 1.02. The van der Waals surface area contributed by atoms with Crippen LogP contribution in [0.25, 0.3) is 22.5 Å². The average molecular weight is 272 g/mol. The molecule has 0 aliphatic carbocycles. The summed E-state index contributed by atoms with van der Waals surface area (Å²) in [4.78, 5) is 15.3. The monoisotopic (exact) mass is 272 g/mol. The molecule has 0 radical (unpaired) electrons. The number of thiazole rings is 2. The Morgan fingerprint density at radius 2 is 2.06 bits per heavy atom. The van der Waals surface area contributed by atoms with Crippen LogP contribution in [0.4, 0.5) is 5.82 Å². The van der Waals surface area contributed by atoms with Crippen LogP contribution in [-0.4, -0.2) is 21.5 Å². The van der Waals surface area contributed by atoms with E-state index in [0.717, 1.165) is 27.9 Å². The van der Waals surface area contributed by atoms with Crippen molar-refractivity contribution in [2.75, 3.05) is 11.4 Å². The second kappa shape index (κ2) is 3.86. The largest absolute Gasteiger partial charge is 0.326 e. The lowest BCUT2D eigenvalue weighted by molar-refractivity contribution is 1.09. The van der Waals surface area contributed by atoms with Gasteiger partial charge in [0, 0.05) is 18.9 Å². The molecule has 18 heavy (non-hydrogen) atoms. The molecule has 3 aromatic heterocycles. The molecule has 4 rings (SSSR count). The molecule has 0 atom stereocenters.